The quantitative estimate of drug-likeness (QED) is 0.556. The number of carbonyl (C=O) groups is 2. The second kappa shape index (κ2) is 11.5. The molecule has 0 aliphatic carbocycles. The summed E-state index contributed by atoms with van der Waals surface area (Å²) in [4.78, 5) is 26.8. The predicted octanol–water partition coefficient (Wildman–Crippen LogP) is 3.68. The predicted molar refractivity (Wildman–Crippen MR) is 118 cm³/mol. The molecule has 2 amide bonds. The molecule has 2 N–H and O–H groups in total. The van der Waals surface area contributed by atoms with Gasteiger partial charge >= 0.3 is 6.09 Å². The fourth-order valence-corrected chi connectivity index (χ4v) is 3.13. The van der Waals surface area contributed by atoms with E-state index in [0.29, 0.717) is 0 Å². The third-order valence-corrected chi connectivity index (χ3v) is 4.73. The second-order valence-electron chi connectivity index (χ2n) is 7.10. The Balaban J connectivity index is 1.66. The monoisotopic (exact) mass is 418 g/mol. The van der Waals surface area contributed by atoms with Crippen LogP contribution in [-0.2, 0) is 22.7 Å². The Bertz CT molecular complexity index is 949. The van der Waals surface area contributed by atoms with E-state index in [4.69, 9.17) is 4.74 Å². The van der Waals surface area contributed by atoms with Crippen molar-refractivity contribution in [1.82, 2.24) is 10.2 Å². The maximum atomic E-state index is 12.8. The average Bonchev–Trinajstić information content (AvgIpc) is 2.82. The summed E-state index contributed by atoms with van der Waals surface area (Å²) < 4.78 is 5.44. The SMILES string of the molecule is O=C(CN(Cc1ccccc1)C(=O)OCc1ccccc1)N[C@@H](CO)c1ccccc1. The van der Waals surface area contributed by atoms with E-state index in [1.165, 1.54) is 4.90 Å². The van der Waals surface area contributed by atoms with Crippen LogP contribution in [0.2, 0.25) is 0 Å². The first-order valence-electron chi connectivity index (χ1n) is 10.1. The lowest BCUT2D eigenvalue weighted by Crippen LogP contribution is -2.42. The molecule has 6 nitrogen and oxygen atoms in total. The summed E-state index contributed by atoms with van der Waals surface area (Å²) >= 11 is 0. The highest BCUT2D eigenvalue weighted by molar-refractivity contribution is 5.82. The van der Waals surface area contributed by atoms with E-state index in [0.717, 1.165) is 16.7 Å². The summed E-state index contributed by atoms with van der Waals surface area (Å²) in [6.45, 7) is -0.0778. The third kappa shape index (κ3) is 6.97. The maximum Gasteiger partial charge on any atom is 0.410 e. The summed E-state index contributed by atoms with van der Waals surface area (Å²) in [6, 6.07) is 27.4. The summed E-state index contributed by atoms with van der Waals surface area (Å²) in [5.74, 6) is -0.379. The van der Waals surface area contributed by atoms with Gasteiger partial charge in [0.15, 0.2) is 0 Å². The van der Waals surface area contributed by atoms with E-state index in [1.54, 1.807) is 0 Å². The molecule has 3 rings (SSSR count). The molecule has 1 atom stereocenters. The molecule has 6 heteroatoms. The van der Waals surface area contributed by atoms with Crippen LogP contribution in [-0.4, -0.2) is 35.2 Å². The molecule has 0 spiro atoms. The number of rotatable bonds is 9. The molecule has 0 aliphatic rings. The molecule has 0 radical (unpaired) electrons. The molecule has 3 aromatic carbocycles. The fraction of sp³-hybridized carbons (Fsp3) is 0.200. The van der Waals surface area contributed by atoms with Gasteiger partial charge < -0.3 is 15.2 Å². The number of benzene rings is 3. The van der Waals surface area contributed by atoms with E-state index in [-0.39, 0.29) is 32.2 Å². The highest BCUT2D eigenvalue weighted by atomic mass is 16.6. The van der Waals surface area contributed by atoms with Gasteiger partial charge in [-0.05, 0) is 16.7 Å². The van der Waals surface area contributed by atoms with Crippen molar-refractivity contribution in [2.45, 2.75) is 19.2 Å². The Kier molecular flexibility index (Phi) is 8.20. The van der Waals surface area contributed by atoms with Crippen molar-refractivity contribution < 1.29 is 19.4 Å². The van der Waals surface area contributed by atoms with Crippen LogP contribution in [0, 0.1) is 0 Å². The molecule has 160 valence electrons. The summed E-state index contributed by atoms with van der Waals surface area (Å²) in [7, 11) is 0. The molecule has 0 bridgehead atoms. The van der Waals surface area contributed by atoms with Crippen LogP contribution < -0.4 is 5.32 Å². The van der Waals surface area contributed by atoms with Crippen LogP contribution in [0.5, 0.6) is 0 Å². The lowest BCUT2D eigenvalue weighted by atomic mass is 10.1. The van der Waals surface area contributed by atoms with E-state index in [9.17, 15) is 14.7 Å². The van der Waals surface area contributed by atoms with E-state index >= 15 is 0 Å². The van der Waals surface area contributed by atoms with Gasteiger partial charge in [0.05, 0.1) is 12.6 Å². The minimum atomic E-state index is -0.580. The minimum Gasteiger partial charge on any atom is -0.445 e. The standard InChI is InChI=1S/C25H26N2O4/c28-18-23(22-14-8-3-9-15-22)26-24(29)17-27(16-20-10-4-1-5-11-20)25(30)31-19-21-12-6-2-7-13-21/h1-15,23,28H,16-19H2,(H,26,29)/t23-/m0/s1. The van der Waals surface area contributed by atoms with Crippen LogP contribution in [0.3, 0.4) is 0 Å². The Hall–Kier alpha value is -3.64. The van der Waals surface area contributed by atoms with Gasteiger partial charge in [-0.25, -0.2) is 4.79 Å². The van der Waals surface area contributed by atoms with E-state index < -0.39 is 12.1 Å². The number of nitrogens with one attached hydrogen (secondary N) is 1. The molecule has 3 aromatic rings. The molecule has 0 saturated carbocycles. The topological polar surface area (TPSA) is 78.9 Å². The number of carbonyl (C=O) groups excluding carboxylic acids is 2. The van der Waals surface area contributed by atoms with Crippen molar-refractivity contribution >= 4 is 12.0 Å². The Morgan fingerprint density at radius 3 is 1.97 bits per heavy atom. The number of nitrogens with zero attached hydrogens (tertiary/aromatic N) is 1. The zero-order valence-electron chi connectivity index (χ0n) is 17.2. The lowest BCUT2D eigenvalue weighted by molar-refractivity contribution is -0.123. The Labute approximate surface area is 182 Å². The van der Waals surface area contributed by atoms with E-state index in [2.05, 4.69) is 5.32 Å². The highest BCUT2D eigenvalue weighted by Gasteiger charge is 2.21. The zero-order chi connectivity index (χ0) is 21.9. The van der Waals surface area contributed by atoms with Crippen LogP contribution in [0.4, 0.5) is 4.79 Å². The summed E-state index contributed by atoms with van der Waals surface area (Å²) in [5.41, 5.74) is 2.54. The van der Waals surface area contributed by atoms with Crippen molar-refractivity contribution in [2.75, 3.05) is 13.2 Å². The molecule has 0 fully saturated rings. The summed E-state index contributed by atoms with van der Waals surface area (Å²) in [5, 5.41) is 12.5. The van der Waals surface area contributed by atoms with Crippen LogP contribution >= 0.6 is 0 Å². The molecule has 0 aliphatic heterocycles. The van der Waals surface area contributed by atoms with Crippen molar-refractivity contribution in [3.63, 3.8) is 0 Å². The molecular formula is C25H26N2O4. The normalized spacial score (nSPS) is 11.4. The number of amides is 2. The maximum absolute atomic E-state index is 12.8. The smallest absolute Gasteiger partial charge is 0.410 e. The van der Waals surface area contributed by atoms with Gasteiger partial charge in [0.25, 0.3) is 0 Å². The van der Waals surface area contributed by atoms with Gasteiger partial charge in [-0.3, -0.25) is 9.69 Å². The van der Waals surface area contributed by atoms with Crippen LogP contribution in [0.1, 0.15) is 22.7 Å². The Morgan fingerprint density at radius 2 is 1.39 bits per heavy atom. The number of hydrogen-bond acceptors (Lipinski definition) is 4. The number of aliphatic hydroxyl groups excluding tert-OH is 1. The van der Waals surface area contributed by atoms with Crippen molar-refractivity contribution in [1.29, 1.82) is 0 Å². The number of ether oxygens (including phenoxy) is 1. The van der Waals surface area contributed by atoms with Gasteiger partial charge in [-0.2, -0.15) is 0 Å². The van der Waals surface area contributed by atoms with Crippen LogP contribution in [0.15, 0.2) is 91.0 Å². The third-order valence-electron chi connectivity index (χ3n) is 4.73. The number of hydrogen-bond donors (Lipinski definition) is 2. The van der Waals surface area contributed by atoms with E-state index in [1.807, 2.05) is 91.0 Å². The molecule has 0 heterocycles. The lowest BCUT2D eigenvalue weighted by Gasteiger charge is -2.24. The fourth-order valence-electron chi connectivity index (χ4n) is 3.13. The molecule has 0 aromatic heterocycles. The average molecular weight is 418 g/mol. The van der Waals surface area contributed by atoms with Crippen molar-refractivity contribution in [3.05, 3.63) is 108 Å². The first-order valence-corrected chi connectivity index (χ1v) is 10.1. The first kappa shape index (κ1) is 22.1. The van der Waals surface area contributed by atoms with Crippen molar-refractivity contribution in [2.24, 2.45) is 0 Å². The molecule has 0 saturated heterocycles. The number of aliphatic hydroxyl groups is 1. The summed E-state index contributed by atoms with van der Waals surface area (Å²) in [6.07, 6.45) is -0.580. The molecule has 31 heavy (non-hydrogen) atoms. The first-order chi connectivity index (χ1) is 15.2. The van der Waals surface area contributed by atoms with Gasteiger partial charge in [0.1, 0.15) is 13.2 Å². The van der Waals surface area contributed by atoms with Gasteiger partial charge in [-0.1, -0.05) is 91.0 Å². The minimum absolute atomic E-state index is 0.121. The van der Waals surface area contributed by atoms with Gasteiger partial charge in [0, 0.05) is 6.54 Å². The van der Waals surface area contributed by atoms with Crippen molar-refractivity contribution in [3.8, 4) is 0 Å². The van der Waals surface area contributed by atoms with Gasteiger partial charge in [-0.15, -0.1) is 0 Å². The highest BCUT2D eigenvalue weighted by Crippen LogP contribution is 2.13. The Morgan fingerprint density at radius 1 is 0.839 bits per heavy atom. The second-order valence-corrected chi connectivity index (χ2v) is 7.10. The molecule has 0 unspecified atom stereocenters. The van der Waals surface area contributed by atoms with Gasteiger partial charge in [0.2, 0.25) is 5.91 Å². The zero-order valence-corrected chi connectivity index (χ0v) is 17.2. The molecular weight excluding hydrogens is 392 g/mol. The largest absolute Gasteiger partial charge is 0.445 e. The van der Waals surface area contributed by atoms with Crippen LogP contribution in [0.25, 0.3) is 0 Å².